The van der Waals surface area contributed by atoms with Crippen molar-refractivity contribution in [1.29, 1.82) is 0 Å². The first-order chi connectivity index (χ1) is 23.5. The van der Waals surface area contributed by atoms with Crippen molar-refractivity contribution in [3.63, 3.8) is 0 Å². The number of carbonyl (C=O) groups excluding carboxylic acids is 1. The van der Waals surface area contributed by atoms with E-state index in [2.05, 4.69) is 77.2 Å². The molecule has 1 amide bonds. The zero-order valence-corrected chi connectivity index (χ0v) is 27.3. The molecule has 1 unspecified atom stereocenters. The second-order valence-corrected chi connectivity index (χ2v) is 13.6. The highest BCUT2D eigenvalue weighted by Gasteiger charge is 2.35. The molecule has 4 heterocycles. The summed E-state index contributed by atoms with van der Waals surface area (Å²) in [5.41, 5.74) is 13.5. The summed E-state index contributed by atoms with van der Waals surface area (Å²) in [4.78, 5) is 29.9. The van der Waals surface area contributed by atoms with Crippen LogP contribution in [0.1, 0.15) is 50.5 Å². The zero-order valence-electron chi connectivity index (χ0n) is 27.3. The molecule has 0 spiro atoms. The third-order valence-electron chi connectivity index (χ3n) is 10.5. The number of anilines is 1. The average molecular weight is 633 g/mol. The smallest absolute Gasteiger partial charge is 0.253 e. The lowest BCUT2D eigenvalue weighted by Crippen LogP contribution is -2.48. The van der Waals surface area contributed by atoms with E-state index in [0.29, 0.717) is 30.6 Å². The number of carbonyl (C=O) groups is 1. The molecule has 7 heteroatoms. The number of rotatable bonds is 6. The Kier molecular flexibility index (Phi) is 7.75. The van der Waals surface area contributed by atoms with Crippen molar-refractivity contribution in [2.24, 2.45) is 11.3 Å². The van der Waals surface area contributed by atoms with Gasteiger partial charge in [0, 0.05) is 47.4 Å². The number of likely N-dealkylation sites (tertiary alicyclic amines) is 1. The molecular weight excluding hydrogens is 592 g/mol. The standard InChI is InChI=1S/C41H40N6O/c1-41(32-13-6-3-7-14-32)23-8-12-30(22-24-41)40(48)46-26-31(27-46)28-16-18-33(19-17-28)47-38(34-15-9-25-43-37(34)42)45-36-21-20-35(44-39(36)47)29-10-4-2-5-11-29/h2,4-5,8-12,15-25,31-32H,3,6-7,13-14,26-27H2,1H3,(H2,42,43). The Balaban J connectivity index is 1.03. The summed E-state index contributed by atoms with van der Waals surface area (Å²) in [6.45, 7) is 3.74. The maximum atomic E-state index is 13.5. The molecule has 8 rings (SSSR count). The summed E-state index contributed by atoms with van der Waals surface area (Å²) in [5.74, 6) is 2.16. The highest BCUT2D eigenvalue weighted by atomic mass is 16.2. The Morgan fingerprint density at radius 1 is 0.875 bits per heavy atom. The van der Waals surface area contributed by atoms with Gasteiger partial charge in [-0.3, -0.25) is 9.36 Å². The highest BCUT2D eigenvalue weighted by molar-refractivity contribution is 5.97. The van der Waals surface area contributed by atoms with Crippen LogP contribution in [0.25, 0.3) is 39.5 Å². The topological polar surface area (TPSA) is 89.9 Å². The molecule has 240 valence electrons. The van der Waals surface area contributed by atoms with Gasteiger partial charge in [-0.15, -0.1) is 0 Å². The number of aromatic nitrogens is 4. The van der Waals surface area contributed by atoms with Crippen LogP contribution in [0.2, 0.25) is 0 Å². The lowest BCUT2D eigenvalue weighted by Gasteiger charge is -2.40. The van der Waals surface area contributed by atoms with Crippen LogP contribution in [0.4, 0.5) is 5.82 Å². The minimum Gasteiger partial charge on any atom is -0.383 e. The number of nitrogens with two attached hydrogens (primary N) is 1. The highest BCUT2D eigenvalue weighted by Crippen LogP contribution is 2.42. The molecule has 3 aromatic heterocycles. The molecule has 1 saturated carbocycles. The van der Waals surface area contributed by atoms with Gasteiger partial charge in [-0.1, -0.05) is 93.0 Å². The molecule has 2 N–H and O–H groups in total. The first-order valence-corrected chi connectivity index (χ1v) is 17.1. The van der Waals surface area contributed by atoms with Gasteiger partial charge in [-0.2, -0.15) is 0 Å². The van der Waals surface area contributed by atoms with Crippen molar-refractivity contribution in [2.45, 2.75) is 44.9 Å². The van der Waals surface area contributed by atoms with E-state index in [4.69, 9.17) is 15.7 Å². The summed E-state index contributed by atoms with van der Waals surface area (Å²) in [5, 5.41) is 0. The first-order valence-electron chi connectivity index (χ1n) is 17.1. The van der Waals surface area contributed by atoms with E-state index in [1.807, 2.05) is 53.4 Å². The number of imidazole rings is 1. The van der Waals surface area contributed by atoms with E-state index in [1.165, 1.54) is 37.7 Å². The normalized spacial score (nSPS) is 20.0. The molecule has 7 nitrogen and oxygen atoms in total. The van der Waals surface area contributed by atoms with Gasteiger partial charge in [0.1, 0.15) is 11.3 Å². The van der Waals surface area contributed by atoms with Crippen LogP contribution in [0.5, 0.6) is 0 Å². The second kappa shape index (κ2) is 12.4. The largest absolute Gasteiger partial charge is 0.383 e. The number of nitrogens with zero attached hydrogens (tertiary/aromatic N) is 5. The molecule has 5 aromatic rings. The Morgan fingerprint density at radius 2 is 1.67 bits per heavy atom. The van der Waals surface area contributed by atoms with E-state index in [1.54, 1.807) is 6.20 Å². The Morgan fingerprint density at radius 3 is 2.44 bits per heavy atom. The molecule has 0 bridgehead atoms. The van der Waals surface area contributed by atoms with E-state index < -0.39 is 0 Å². The predicted molar refractivity (Wildman–Crippen MR) is 192 cm³/mol. The van der Waals surface area contributed by atoms with Crippen LogP contribution < -0.4 is 5.73 Å². The SMILES string of the molecule is CC1(C2CCCCC2)C=CC=C(C(=O)N2CC(c3ccc(-n4c(-c5cccnc5N)nc5ccc(-c6ccccc6)nc54)cc3)C2)C=C1. The first kappa shape index (κ1) is 30.1. The number of hydrogen-bond acceptors (Lipinski definition) is 5. The fraction of sp³-hybridized carbons (Fsp3) is 0.268. The Labute approximate surface area is 281 Å². The molecule has 2 aliphatic carbocycles. The average Bonchev–Trinajstić information content (AvgIpc) is 3.36. The maximum Gasteiger partial charge on any atom is 0.253 e. The summed E-state index contributed by atoms with van der Waals surface area (Å²) < 4.78 is 2.06. The predicted octanol–water partition coefficient (Wildman–Crippen LogP) is 8.30. The number of benzene rings is 2. The molecule has 2 fully saturated rings. The van der Waals surface area contributed by atoms with E-state index >= 15 is 0 Å². The Hall–Kier alpha value is -5.30. The molecule has 3 aliphatic rings. The van der Waals surface area contributed by atoms with Gasteiger partial charge in [-0.25, -0.2) is 15.0 Å². The molecule has 1 atom stereocenters. The number of hydrogen-bond donors (Lipinski definition) is 1. The zero-order chi connectivity index (χ0) is 32.7. The third kappa shape index (κ3) is 5.53. The lowest BCUT2D eigenvalue weighted by molar-refractivity contribution is -0.131. The monoisotopic (exact) mass is 632 g/mol. The summed E-state index contributed by atoms with van der Waals surface area (Å²) in [6, 6.07) is 26.5. The fourth-order valence-corrected chi connectivity index (χ4v) is 7.57. The molecular formula is C41H40N6O. The Bertz CT molecular complexity index is 2060. The van der Waals surface area contributed by atoms with Crippen LogP contribution >= 0.6 is 0 Å². The van der Waals surface area contributed by atoms with Crippen molar-refractivity contribution in [1.82, 2.24) is 24.4 Å². The summed E-state index contributed by atoms with van der Waals surface area (Å²) >= 11 is 0. The minimum absolute atomic E-state index is 0.0139. The van der Waals surface area contributed by atoms with Crippen LogP contribution in [0, 0.1) is 11.3 Å². The van der Waals surface area contributed by atoms with Crippen molar-refractivity contribution in [2.75, 3.05) is 18.8 Å². The van der Waals surface area contributed by atoms with Crippen LogP contribution in [0.15, 0.2) is 121 Å². The van der Waals surface area contributed by atoms with E-state index in [9.17, 15) is 4.79 Å². The molecule has 48 heavy (non-hydrogen) atoms. The van der Waals surface area contributed by atoms with Gasteiger partial charge in [0.2, 0.25) is 0 Å². The number of pyridine rings is 2. The van der Waals surface area contributed by atoms with Crippen molar-refractivity contribution in [3.05, 3.63) is 127 Å². The van der Waals surface area contributed by atoms with Gasteiger partial charge in [0.05, 0.1) is 11.3 Å². The molecule has 1 aliphatic heterocycles. The van der Waals surface area contributed by atoms with Gasteiger partial charge in [0.25, 0.3) is 5.91 Å². The van der Waals surface area contributed by atoms with Gasteiger partial charge in [0.15, 0.2) is 11.5 Å². The second-order valence-electron chi connectivity index (χ2n) is 13.6. The molecule has 1 saturated heterocycles. The van der Waals surface area contributed by atoms with E-state index in [0.717, 1.165) is 39.2 Å². The third-order valence-corrected chi connectivity index (χ3v) is 10.5. The number of allylic oxidation sites excluding steroid dienone is 4. The number of nitrogen functional groups attached to an aromatic ring is 1. The van der Waals surface area contributed by atoms with Crippen LogP contribution in [0.3, 0.4) is 0 Å². The maximum absolute atomic E-state index is 13.5. The van der Waals surface area contributed by atoms with Crippen LogP contribution in [-0.2, 0) is 4.79 Å². The fourth-order valence-electron chi connectivity index (χ4n) is 7.57. The van der Waals surface area contributed by atoms with Crippen molar-refractivity contribution in [3.8, 4) is 28.3 Å². The van der Waals surface area contributed by atoms with Gasteiger partial charge < -0.3 is 10.6 Å². The van der Waals surface area contributed by atoms with Gasteiger partial charge in [-0.05, 0) is 66.8 Å². The van der Waals surface area contributed by atoms with Gasteiger partial charge >= 0.3 is 0 Å². The van der Waals surface area contributed by atoms with Crippen molar-refractivity contribution < 1.29 is 4.79 Å². The quantitative estimate of drug-likeness (QED) is 0.203. The van der Waals surface area contributed by atoms with E-state index in [-0.39, 0.29) is 17.2 Å². The van der Waals surface area contributed by atoms with Crippen LogP contribution in [-0.4, -0.2) is 43.4 Å². The summed E-state index contributed by atoms with van der Waals surface area (Å²) in [7, 11) is 0. The molecule has 2 aromatic carbocycles. The number of amides is 1. The lowest BCUT2D eigenvalue weighted by atomic mass is 9.69. The summed E-state index contributed by atoms with van der Waals surface area (Å²) in [6.07, 6.45) is 18.9. The number of fused-ring (bicyclic) bond motifs is 1. The minimum atomic E-state index is 0.0139. The molecule has 0 radical (unpaired) electrons. The van der Waals surface area contributed by atoms with Crippen molar-refractivity contribution >= 4 is 22.9 Å².